The van der Waals surface area contributed by atoms with Gasteiger partial charge in [-0.2, -0.15) is 0 Å². The number of benzene rings is 1. The van der Waals surface area contributed by atoms with Crippen LogP contribution in [0.4, 0.5) is 0 Å². The Balaban J connectivity index is 0.00000192. The minimum Gasteiger partial charge on any atom is -0.349 e. The lowest BCUT2D eigenvalue weighted by atomic mass is 10.0. The molecule has 0 aromatic heterocycles. The molecule has 2 aliphatic heterocycles. The molecule has 2 N–H and O–H groups in total. The van der Waals surface area contributed by atoms with Crippen molar-refractivity contribution in [3.8, 4) is 0 Å². The molecule has 1 saturated heterocycles. The first-order valence-corrected chi connectivity index (χ1v) is 9.53. The van der Waals surface area contributed by atoms with Gasteiger partial charge >= 0.3 is 0 Å². The van der Waals surface area contributed by atoms with E-state index in [4.69, 9.17) is 0 Å². The average molecular weight is 359 g/mol. The van der Waals surface area contributed by atoms with E-state index in [0.717, 1.165) is 31.5 Å². The number of fused-ring (bicyclic) bond motifs is 1. The van der Waals surface area contributed by atoms with E-state index in [1.807, 2.05) is 6.07 Å². The molecule has 2 aliphatic rings. The Kier molecular flexibility index (Phi) is 6.06. The van der Waals surface area contributed by atoms with Crippen molar-refractivity contribution in [2.24, 2.45) is 5.92 Å². The summed E-state index contributed by atoms with van der Waals surface area (Å²) in [5.74, 6) is 0.706. The minimum absolute atomic E-state index is 0. The maximum atomic E-state index is 12.2. The molecule has 128 valence electrons. The topological polar surface area (TPSA) is 75.3 Å². The number of hydrogen-bond donors (Lipinski definition) is 2. The summed E-state index contributed by atoms with van der Waals surface area (Å²) in [6.45, 7) is 2.04. The molecule has 0 aliphatic carbocycles. The summed E-state index contributed by atoms with van der Waals surface area (Å²) in [6, 6.07) is 6.80. The molecular weight excluding hydrogens is 336 g/mol. The highest BCUT2D eigenvalue weighted by Gasteiger charge is 2.30. The zero-order valence-corrected chi connectivity index (χ0v) is 14.6. The first-order chi connectivity index (χ1) is 10.6. The van der Waals surface area contributed by atoms with Gasteiger partial charge in [0, 0.05) is 6.42 Å². The second kappa shape index (κ2) is 7.64. The highest BCUT2D eigenvalue weighted by molar-refractivity contribution is 7.91. The fraction of sp³-hybridized carbons (Fsp3) is 0.562. The zero-order chi connectivity index (χ0) is 15.6. The third-order valence-corrected chi connectivity index (χ3v) is 6.40. The normalized spacial score (nSPS) is 25.2. The highest BCUT2D eigenvalue weighted by Crippen LogP contribution is 2.32. The molecule has 23 heavy (non-hydrogen) atoms. The molecule has 2 atom stereocenters. The summed E-state index contributed by atoms with van der Waals surface area (Å²) >= 11 is 0. The number of halogens is 1. The summed E-state index contributed by atoms with van der Waals surface area (Å²) < 4.78 is 24.2. The Bertz CT molecular complexity index is 657. The number of amides is 1. The van der Waals surface area contributed by atoms with Gasteiger partial charge in [0.15, 0.2) is 9.84 Å². The maximum Gasteiger partial charge on any atom is 0.220 e. The second-order valence-corrected chi connectivity index (χ2v) is 8.24. The fourth-order valence-corrected chi connectivity index (χ4v) is 4.92. The van der Waals surface area contributed by atoms with Gasteiger partial charge in [0.1, 0.15) is 0 Å². The third-order valence-electron chi connectivity index (χ3n) is 4.58. The second-order valence-electron chi connectivity index (χ2n) is 6.16. The number of rotatable bonds is 4. The Morgan fingerprint density at radius 2 is 2.04 bits per heavy atom. The molecule has 1 amide bonds. The van der Waals surface area contributed by atoms with Crippen molar-refractivity contribution in [1.29, 1.82) is 0 Å². The summed E-state index contributed by atoms with van der Waals surface area (Å²) in [4.78, 5) is 12.5. The van der Waals surface area contributed by atoms with Crippen LogP contribution in [0.15, 0.2) is 29.2 Å². The standard InChI is InChI=1S/C16H22N2O3S.ClH/c19-16(6-5-12-7-9-17-11-12)18-14-8-10-22(20,21)15-4-2-1-3-13(14)15;/h1-4,12,14,17H,5-11H2,(H,18,19);1H. The third kappa shape index (κ3) is 4.25. The SMILES string of the molecule is Cl.O=C(CCC1CCNC1)NC1CCS(=O)(=O)c2ccccc21. The van der Waals surface area contributed by atoms with Gasteiger partial charge in [-0.1, -0.05) is 18.2 Å². The predicted molar refractivity (Wildman–Crippen MR) is 91.5 cm³/mol. The van der Waals surface area contributed by atoms with Gasteiger partial charge in [-0.25, -0.2) is 8.42 Å². The molecule has 1 fully saturated rings. The van der Waals surface area contributed by atoms with Crippen molar-refractivity contribution in [1.82, 2.24) is 10.6 Å². The molecule has 5 nitrogen and oxygen atoms in total. The van der Waals surface area contributed by atoms with E-state index < -0.39 is 9.84 Å². The quantitative estimate of drug-likeness (QED) is 0.861. The van der Waals surface area contributed by atoms with Crippen molar-refractivity contribution in [3.63, 3.8) is 0 Å². The number of carbonyl (C=O) groups excluding carboxylic acids is 1. The van der Waals surface area contributed by atoms with Crippen molar-refractivity contribution < 1.29 is 13.2 Å². The summed E-state index contributed by atoms with van der Waals surface area (Å²) in [7, 11) is -3.20. The van der Waals surface area contributed by atoms with E-state index in [-0.39, 0.29) is 30.1 Å². The minimum atomic E-state index is -3.20. The van der Waals surface area contributed by atoms with Gasteiger partial charge in [0.05, 0.1) is 16.7 Å². The lowest BCUT2D eigenvalue weighted by Crippen LogP contribution is -2.34. The molecule has 1 aromatic rings. The fourth-order valence-electron chi connectivity index (χ4n) is 3.30. The van der Waals surface area contributed by atoms with Crippen LogP contribution in [0.5, 0.6) is 0 Å². The van der Waals surface area contributed by atoms with E-state index in [2.05, 4.69) is 10.6 Å². The van der Waals surface area contributed by atoms with E-state index in [0.29, 0.717) is 23.7 Å². The Labute approximate surface area is 143 Å². The van der Waals surface area contributed by atoms with Crippen LogP contribution in [-0.2, 0) is 14.6 Å². The number of hydrogen-bond acceptors (Lipinski definition) is 4. The summed E-state index contributed by atoms with van der Waals surface area (Å²) in [5.41, 5.74) is 0.727. The molecule has 2 unspecified atom stereocenters. The first-order valence-electron chi connectivity index (χ1n) is 7.88. The number of carbonyl (C=O) groups is 1. The molecule has 2 heterocycles. The van der Waals surface area contributed by atoms with Gasteiger partial charge < -0.3 is 10.6 Å². The molecular formula is C16H23ClN2O3S. The summed E-state index contributed by atoms with van der Waals surface area (Å²) in [5, 5.41) is 6.31. The van der Waals surface area contributed by atoms with Crippen molar-refractivity contribution >= 4 is 28.2 Å². The molecule has 3 rings (SSSR count). The average Bonchev–Trinajstić information content (AvgIpc) is 3.02. The summed E-state index contributed by atoms with van der Waals surface area (Å²) in [6.07, 6.45) is 3.00. The van der Waals surface area contributed by atoms with Gasteiger partial charge in [-0.3, -0.25) is 4.79 Å². The van der Waals surface area contributed by atoms with Gasteiger partial charge in [-0.05, 0) is 49.9 Å². The van der Waals surface area contributed by atoms with Crippen molar-refractivity contribution in [2.45, 2.75) is 36.6 Å². The maximum absolute atomic E-state index is 12.2. The molecule has 0 radical (unpaired) electrons. The molecule has 1 aromatic carbocycles. The van der Waals surface area contributed by atoms with E-state index in [1.165, 1.54) is 0 Å². The Morgan fingerprint density at radius 1 is 1.26 bits per heavy atom. The van der Waals surface area contributed by atoms with Crippen molar-refractivity contribution in [2.75, 3.05) is 18.8 Å². The lowest BCUT2D eigenvalue weighted by Gasteiger charge is -2.26. The van der Waals surface area contributed by atoms with Crippen LogP contribution >= 0.6 is 12.4 Å². The smallest absolute Gasteiger partial charge is 0.220 e. The van der Waals surface area contributed by atoms with Crippen LogP contribution in [0, 0.1) is 5.92 Å². The molecule has 0 spiro atoms. The van der Waals surface area contributed by atoms with E-state index in [9.17, 15) is 13.2 Å². The molecule has 0 saturated carbocycles. The number of nitrogens with one attached hydrogen (secondary N) is 2. The first kappa shape index (κ1) is 18.2. The molecule has 7 heteroatoms. The lowest BCUT2D eigenvalue weighted by molar-refractivity contribution is -0.122. The van der Waals surface area contributed by atoms with Crippen LogP contribution in [0.2, 0.25) is 0 Å². The number of sulfone groups is 1. The van der Waals surface area contributed by atoms with Crippen LogP contribution in [0.1, 0.15) is 37.3 Å². The van der Waals surface area contributed by atoms with Gasteiger partial charge in [0.25, 0.3) is 0 Å². The van der Waals surface area contributed by atoms with Crippen LogP contribution in [0.25, 0.3) is 0 Å². The van der Waals surface area contributed by atoms with Gasteiger partial charge in [0.2, 0.25) is 5.91 Å². The Hall–Kier alpha value is -1.11. The largest absolute Gasteiger partial charge is 0.349 e. The highest BCUT2D eigenvalue weighted by atomic mass is 35.5. The van der Waals surface area contributed by atoms with Crippen molar-refractivity contribution in [3.05, 3.63) is 29.8 Å². The van der Waals surface area contributed by atoms with Crippen LogP contribution < -0.4 is 10.6 Å². The zero-order valence-electron chi connectivity index (χ0n) is 13.0. The van der Waals surface area contributed by atoms with Gasteiger partial charge in [-0.15, -0.1) is 12.4 Å². The van der Waals surface area contributed by atoms with Crippen LogP contribution in [-0.4, -0.2) is 33.2 Å². The van der Waals surface area contributed by atoms with E-state index >= 15 is 0 Å². The predicted octanol–water partition coefficient (Wildman–Crippen LogP) is 1.83. The monoisotopic (exact) mass is 358 g/mol. The molecule has 0 bridgehead atoms. The van der Waals surface area contributed by atoms with Crippen LogP contribution in [0.3, 0.4) is 0 Å². The van der Waals surface area contributed by atoms with E-state index in [1.54, 1.807) is 18.2 Å². The Morgan fingerprint density at radius 3 is 2.78 bits per heavy atom.